The first-order valence-corrected chi connectivity index (χ1v) is 8.24. The zero-order valence-corrected chi connectivity index (χ0v) is 13.8. The Bertz CT molecular complexity index is 542. The maximum absolute atomic E-state index is 12.6. The fraction of sp³-hybridized carbons (Fsp3) is 0.556. The number of anilines is 1. The van der Waals surface area contributed by atoms with Crippen LogP contribution in [0.2, 0.25) is 0 Å². The highest BCUT2D eigenvalue weighted by Crippen LogP contribution is 2.41. The summed E-state index contributed by atoms with van der Waals surface area (Å²) >= 11 is 0. The molecule has 1 fully saturated rings. The maximum atomic E-state index is 12.6. The van der Waals surface area contributed by atoms with E-state index in [0.29, 0.717) is 19.5 Å². The van der Waals surface area contributed by atoms with Gasteiger partial charge in [0.25, 0.3) is 0 Å². The number of carbonyl (C=O) groups is 2. The highest BCUT2D eigenvalue weighted by Gasteiger charge is 2.49. The van der Waals surface area contributed by atoms with E-state index in [9.17, 15) is 9.59 Å². The normalized spacial score (nSPS) is 19.6. The molecular weight excluding hydrogens is 276 g/mol. The lowest BCUT2D eigenvalue weighted by atomic mass is 10.2. The van der Waals surface area contributed by atoms with Crippen molar-refractivity contribution in [2.24, 2.45) is 11.8 Å². The van der Waals surface area contributed by atoms with Gasteiger partial charge in [-0.15, -0.1) is 0 Å². The number of unbranched alkanes of at least 4 members (excludes halogenated alkanes) is 1. The average molecular weight is 302 g/mol. The molecule has 120 valence electrons. The van der Waals surface area contributed by atoms with E-state index in [4.69, 9.17) is 0 Å². The molecule has 0 aliphatic heterocycles. The van der Waals surface area contributed by atoms with Crippen LogP contribution in [0.1, 0.15) is 38.7 Å². The minimum Gasteiger partial charge on any atom is -0.356 e. The number of carbonyl (C=O) groups excluding carboxylic acids is 2. The Labute approximate surface area is 132 Å². The molecule has 1 aromatic rings. The van der Waals surface area contributed by atoms with E-state index in [1.165, 1.54) is 0 Å². The van der Waals surface area contributed by atoms with Crippen LogP contribution in [-0.2, 0) is 9.59 Å². The topological polar surface area (TPSA) is 49.4 Å². The van der Waals surface area contributed by atoms with Crippen molar-refractivity contribution in [3.05, 3.63) is 29.8 Å². The standard InChI is InChI=1S/C18H26N2O2/c1-4-6-10-19-17(21)15-12-16(15)18(22)20(5-2)14-9-7-8-13(3)11-14/h7-9,11,15-16H,4-6,10,12H2,1-3H3,(H,19,21). The smallest absolute Gasteiger partial charge is 0.230 e. The van der Waals surface area contributed by atoms with Gasteiger partial charge in [0.05, 0.1) is 11.8 Å². The maximum Gasteiger partial charge on any atom is 0.230 e. The van der Waals surface area contributed by atoms with Gasteiger partial charge in [-0.1, -0.05) is 25.5 Å². The van der Waals surface area contributed by atoms with Gasteiger partial charge in [0.1, 0.15) is 0 Å². The second-order valence-corrected chi connectivity index (χ2v) is 6.01. The Morgan fingerprint density at radius 3 is 2.68 bits per heavy atom. The molecule has 1 aliphatic carbocycles. The molecule has 4 nitrogen and oxygen atoms in total. The van der Waals surface area contributed by atoms with Gasteiger partial charge in [-0.3, -0.25) is 9.59 Å². The summed E-state index contributed by atoms with van der Waals surface area (Å²) < 4.78 is 0. The van der Waals surface area contributed by atoms with Gasteiger partial charge >= 0.3 is 0 Å². The third-order valence-electron chi connectivity index (χ3n) is 4.17. The SMILES string of the molecule is CCCCNC(=O)C1CC1C(=O)N(CC)c1cccc(C)c1. The van der Waals surface area contributed by atoms with Crippen LogP contribution in [-0.4, -0.2) is 24.9 Å². The summed E-state index contributed by atoms with van der Waals surface area (Å²) in [6.45, 7) is 7.42. The van der Waals surface area contributed by atoms with Crippen LogP contribution >= 0.6 is 0 Å². The fourth-order valence-corrected chi connectivity index (χ4v) is 2.74. The van der Waals surface area contributed by atoms with Gasteiger partial charge in [0.15, 0.2) is 0 Å². The number of benzene rings is 1. The Hall–Kier alpha value is -1.84. The van der Waals surface area contributed by atoms with Crippen LogP contribution in [0.15, 0.2) is 24.3 Å². The number of aryl methyl sites for hydroxylation is 1. The number of hydrogen-bond donors (Lipinski definition) is 1. The molecule has 2 atom stereocenters. The molecule has 2 amide bonds. The van der Waals surface area contributed by atoms with Gasteiger partial charge in [0, 0.05) is 18.8 Å². The monoisotopic (exact) mass is 302 g/mol. The van der Waals surface area contributed by atoms with Gasteiger partial charge in [0.2, 0.25) is 11.8 Å². The zero-order chi connectivity index (χ0) is 16.1. The minimum atomic E-state index is -0.151. The number of hydrogen-bond acceptors (Lipinski definition) is 2. The van der Waals surface area contributed by atoms with Crippen LogP contribution in [0, 0.1) is 18.8 Å². The molecule has 2 unspecified atom stereocenters. The van der Waals surface area contributed by atoms with Crippen LogP contribution in [0.3, 0.4) is 0 Å². The highest BCUT2D eigenvalue weighted by atomic mass is 16.2. The molecule has 22 heavy (non-hydrogen) atoms. The molecular formula is C18H26N2O2. The summed E-state index contributed by atoms with van der Waals surface area (Å²) in [7, 11) is 0. The lowest BCUT2D eigenvalue weighted by molar-refractivity contribution is -0.126. The Morgan fingerprint density at radius 1 is 1.27 bits per heavy atom. The summed E-state index contributed by atoms with van der Waals surface area (Å²) in [6, 6.07) is 7.94. The molecule has 1 saturated carbocycles. The lowest BCUT2D eigenvalue weighted by Gasteiger charge is -2.21. The third-order valence-corrected chi connectivity index (χ3v) is 4.17. The van der Waals surface area contributed by atoms with E-state index in [1.54, 1.807) is 4.90 Å². The lowest BCUT2D eigenvalue weighted by Crippen LogP contribution is -2.34. The van der Waals surface area contributed by atoms with E-state index < -0.39 is 0 Å². The molecule has 4 heteroatoms. The molecule has 0 spiro atoms. The predicted molar refractivity (Wildman–Crippen MR) is 88.7 cm³/mol. The number of rotatable bonds is 7. The van der Waals surface area contributed by atoms with Gasteiger partial charge in [-0.25, -0.2) is 0 Å². The summed E-state index contributed by atoms with van der Waals surface area (Å²) in [5, 5.41) is 2.93. The van der Waals surface area contributed by atoms with Gasteiger partial charge in [-0.2, -0.15) is 0 Å². The third kappa shape index (κ3) is 3.87. The largest absolute Gasteiger partial charge is 0.356 e. The zero-order valence-electron chi connectivity index (χ0n) is 13.8. The van der Waals surface area contributed by atoms with E-state index in [-0.39, 0.29) is 23.7 Å². The van der Waals surface area contributed by atoms with Crippen LogP contribution < -0.4 is 10.2 Å². The van der Waals surface area contributed by atoms with Crippen molar-refractivity contribution in [1.82, 2.24) is 5.32 Å². The first-order valence-electron chi connectivity index (χ1n) is 8.24. The summed E-state index contributed by atoms with van der Waals surface area (Å²) in [4.78, 5) is 26.4. The quantitative estimate of drug-likeness (QED) is 0.787. The van der Waals surface area contributed by atoms with Crippen molar-refractivity contribution < 1.29 is 9.59 Å². The van der Waals surface area contributed by atoms with Crippen molar-refractivity contribution in [1.29, 1.82) is 0 Å². The van der Waals surface area contributed by atoms with E-state index in [2.05, 4.69) is 12.2 Å². The summed E-state index contributed by atoms with van der Waals surface area (Å²) in [6.07, 6.45) is 2.73. The molecule has 0 heterocycles. The minimum absolute atomic E-state index is 0.0343. The van der Waals surface area contributed by atoms with Crippen molar-refractivity contribution in [2.45, 2.75) is 40.0 Å². The molecule has 0 aromatic heterocycles. The Balaban J connectivity index is 1.95. The van der Waals surface area contributed by atoms with Crippen molar-refractivity contribution in [3.63, 3.8) is 0 Å². The fourth-order valence-electron chi connectivity index (χ4n) is 2.74. The second-order valence-electron chi connectivity index (χ2n) is 6.01. The molecule has 1 N–H and O–H groups in total. The second kappa shape index (κ2) is 7.43. The number of nitrogens with one attached hydrogen (secondary N) is 1. The molecule has 1 aliphatic rings. The molecule has 0 bridgehead atoms. The predicted octanol–water partition coefficient (Wildman–Crippen LogP) is 2.90. The van der Waals surface area contributed by atoms with E-state index in [0.717, 1.165) is 24.1 Å². The molecule has 0 saturated heterocycles. The Kier molecular flexibility index (Phi) is 5.58. The van der Waals surface area contributed by atoms with Gasteiger partial charge in [-0.05, 0) is 44.4 Å². The van der Waals surface area contributed by atoms with Crippen molar-refractivity contribution in [3.8, 4) is 0 Å². The van der Waals surface area contributed by atoms with Crippen LogP contribution in [0.5, 0.6) is 0 Å². The number of nitrogens with zero attached hydrogens (tertiary/aromatic N) is 1. The van der Waals surface area contributed by atoms with Crippen LogP contribution in [0.4, 0.5) is 5.69 Å². The summed E-state index contributed by atoms with van der Waals surface area (Å²) in [5.74, 6) is -0.179. The van der Waals surface area contributed by atoms with Crippen molar-refractivity contribution >= 4 is 17.5 Å². The van der Waals surface area contributed by atoms with Gasteiger partial charge < -0.3 is 10.2 Å². The molecule has 0 radical (unpaired) electrons. The highest BCUT2D eigenvalue weighted by molar-refractivity contribution is 6.01. The first-order chi connectivity index (χ1) is 10.6. The average Bonchev–Trinajstić information content (AvgIpc) is 3.28. The van der Waals surface area contributed by atoms with E-state index >= 15 is 0 Å². The molecule has 2 rings (SSSR count). The summed E-state index contributed by atoms with van der Waals surface area (Å²) in [5.41, 5.74) is 2.05. The van der Waals surface area contributed by atoms with Crippen LogP contribution in [0.25, 0.3) is 0 Å². The van der Waals surface area contributed by atoms with E-state index in [1.807, 2.05) is 38.1 Å². The van der Waals surface area contributed by atoms with Crippen molar-refractivity contribution in [2.75, 3.05) is 18.0 Å². The Morgan fingerprint density at radius 2 is 2.05 bits per heavy atom. The number of amides is 2. The first kappa shape index (κ1) is 16.5. The molecule has 1 aromatic carbocycles.